The second kappa shape index (κ2) is 6.71. The molecule has 2 aromatic heterocycles. The van der Waals surface area contributed by atoms with Crippen molar-refractivity contribution in [1.82, 2.24) is 19.9 Å². The predicted molar refractivity (Wildman–Crippen MR) is 122 cm³/mol. The molecule has 30 heavy (non-hydrogen) atoms. The first-order valence-electron chi connectivity index (χ1n) is 9.94. The standard InChI is InChI=1S/C26H18N4/c1-3-7-17(8-4-1)25-27-21-13-11-19(15-23(21)29-25)20-12-14-22-24(16-20)30-26(28-22)18-9-5-2-6-10-18/h1-16H,(H,27,29)(H,28,30). The third-order valence-electron chi connectivity index (χ3n) is 5.39. The third-order valence-corrected chi connectivity index (χ3v) is 5.39. The highest BCUT2D eigenvalue weighted by atomic mass is 14.9. The molecule has 0 spiro atoms. The summed E-state index contributed by atoms with van der Waals surface area (Å²) in [6, 6.07) is 33.1. The molecule has 4 aromatic carbocycles. The van der Waals surface area contributed by atoms with Crippen LogP contribution < -0.4 is 0 Å². The van der Waals surface area contributed by atoms with Crippen LogP contribution in [-0.4, -0.2) is 19.9 Å². The first kappa shape index (κ1) is 16.7. The molecule has 0 fully saturated rings. The van der Waals surface area contributed by atoms with Gasteiger partial charge in [-0.05, 0) is 35.4 Å². The number of hydrogen-bond donors (Lipinski definition) is 2. The van der Waals surface area contributed by atoms with Crippen molar-refractivity contribution >= 4 is 22.1 Å². The van der Waals surface area contributed by atoms with Crippen molar-refractivity contribution in [3.63, 3.8) is 0 Å². The van der Waals surface area contributed by atoms with Crippen molar-refractivity contribution in [2.45, 2.75) is 0 Å². The van der Waals surface area contributed by atoms with Gasteiger partial charge in [-0.1, -0.05) is 72.8 Å². The number of nitrogens with one attached hydrogen (secondary N) is 2. The van der Waals surface area contributed by atoms with Crippen LogP contribution in [0.15, 0.2) is 97.1 Å². The quantitative estimate of drug-likeness (QED) is 0.368. The fraction of sp³-hybridized carbons (Fsp3) is 0. The van der Waals surface area contributed by atoms with E-state index in [2.05, 4.69) is 70.6 Å². The van der Waals surface area contributed by atoms with Crippen LogP contribution in [0.2, 0.25) is 0 Å². The monoisotopic (exact) mass is 386 g/mol. The van der Waals surface area contributed by atoms with Gasteiger partial charge in [0, 0.05) is 11.1 Å². The Morgan fingerprint density at radius 3 is 1.30 bits per heavy atom. The summed E-state index contributed by atoms with van der Waals surface area (Å²) < 4.78 is 0. The molecule has 6 rings (SSSR count). The van der Waals surface area contributed by atoms with Crippen molar-refractivity contribution in [2.75, 3.05) is 0 Å². The van der Waals surface area contributed by atoms with E-state index in [0.717, 1.165) is 56.0 Å². The van der Waals surface area contributed by atoms with Gasteiger partial charge in [0.15, 0.2) is 0 Å². The Bertz CT molecular complexity index is 1360. The van der Waals surface area contributed by atoms with Crippen LogP contribution in [0.25, 0.3) is 56.0 Å². The molecule has 2 N–H and O–H groups in total. The zero-order chi connectivity index (χ0) is 19.9. The van der Waals surface area contributed by atoms with Gasteiger partial charge in [-0.15, -0.1) is 0 Å². The maximum absolute atomic E-state index is 4.73. The smallest absolute Gasteiger partial charge is 0.138 e. The Morgan fingerprint density at radius 2 is 0.867 bits per heavy atom. The fourth-order valence-electron chi connectivity index (χ4n) is 3.84. The average molecular weight is 386 g/mol. The molecule has 0 aliphatic rings. The molecule has 0 aliphatic heterocycles. The highest BCUT2D eigenvalue weighted by molar-refractivity contribution is 5.88. The lowest BCUT2D eigenvalue weighted by atomic mass is 10.0. The van der Waals surface area contributed by atoms with Gasteiger partial charge in [0.25, 0.3) is 0 Å². The predicted octanol–water partition coefficient (Wildman–Crippen LogP) is 6.44. The molecular weight excluding hydrogens is 368 g/mol. The Kier molecular flexibility index (Phi) is 3.74. The van der Waals surface area contributed by atoms with Crippen LogP contribution in [0.5, 0.6) is 0 Å². The number of aromatic amines is 2. The molecule has 0 amide bonds. The van der Waals surface area contributed by atoms with E-state index in [1.54, 1.807) is 0 Å². The number of rotatable bonds is 3. The van der Waals surface area contributed by atoms with Gasteiger partial charge in [0.05, 0.1) is 22.1 Å². The van der Waals surface area contributed by atoms with E-state index in [-0.39, 0.29) is 0 Å². The minimum absolute atomic E-state index is 0.888. The molecule has 4 heteroatoms. The van der Waals surface area contributed by atoms with Crippen LogP contribution in [0.1, 0.15) is 0 Å². The lowest BCUT2D eigenvalue weighted by Crippen LogP contribution is -1.79. The summed E-state index contributed by atoms with van der Waals surface area (Å²) in [6.07, 6.45) is 0. The molecule has 6 aromatic rings. The molecule has 0 atom stereocenters. The summed E-state index contributed by atoms with van der Waals surface area (Å²) in [5, 5.41) is 0. The molecule has 4 nitrogen and oxygen atoms in total. The average Bonchev–Trinajstić information content (AvgIpc) is 3.43. The zero-order valence-corrected chi connectivity index (χ0v) is 16.1. The maximum atomic E-state index is 4.73. The van der Waals surface area contributed by atoms with E-state index >= 15 is 0 Å². The summed E-state index contributed by atoms with van der Waals surface area (Å²) in [4.78, 5) is 16.4. The summed E-state index contributed by atoms with van der Waals surface area (Å²) in [5.41, 5.74) is 8.44. The lowest BCUT2D eigenvalue weighted by molar-refractivity contribution is 1.34. The van der Waals surface area contributed by atoms with Gasteiger partial charge >= 0.3 is 0 Å². The summed E-state index contributed by atoms with van der Waals surface area (Å²) >= 11 is 0. The molecule has 0 aliphatic carbocycles. The van der Waals surface area contributed by atoms with Crippen LogP contribution >= 0.6 is 0 Å². The van der Waals surface area contributed by atoms with Crippen molar-refractivity contribution in [1.29, 1.82) is 0 Å². The Balaban J connectivity index is 1.40. The van der Waals surface area contributed by atoms with Gasteiger partial charge in [-0.3, -0.25) is 0 Å². The largest absolute Gasteiger partial charge is 0.338 e. The zero-order valence-electron chi connectivity index (χ0n) is 16.1. The molecule has 0 unspecified atom stereocenters. The van der Waals surface area contributed by atoms with Gasteiger partial charge in [-0.2, -0.15) is 0 Å². The molecule has 0 radical (unpaired) electrons. The number of nitrogens with zero attached hydrogens (tertiary/aromatic N) is 2. The Hall–Kier alpha value is -4.18. The Labute approximate surface area is 173 Å². The normalized spacial score (nSPS) is 11.3. The van der Waals surface area contributed by atoms with E-state index in [9.17, 15) is 0 Å². The van der Waals surface area contributed by atoms with Crippen molar-refractivity contribution in [2.24, 2.45) is 0 Å². The second-order valence-electron chi connectivity index (χ2n) is 7.37. The minimum Gasteiger partial charge on any atom is -0.338 e. The lowest BCUT2D eigenvalue weighted by Gasteiger charge is -2.01. The van der Waals surface area contributed by atoms with Gasteiger partial charge in [0.1, 0.15) is 11.6 Å². The minimum atomic E-state index is 0.888. The van der Waals surface area contributed by atoms with E-state index in [1.807, 2.05) is 36.4 Å². The topological polar surface area (TPSA) is 57.4 Å². The van der Waals surface area contributed by atoms with Crippen molar-refractivity contribution < 1.29 is 0 Å². The highest BCUT2D eigenvalue weighted by Gasteiger charge is 2.09. The van der Waals surface area contributed by atoms with E-state index in [0.29, 0.717) is 0 Å². The number of benzene rings is 4. The molecule has 142 valence electrons. The molecule has 0 saturated heterocycles. The van der Waals surface area contributed by atoms with E-state index < -0.39 is 0 Å². The number of aromatic nitrogens is 4. The van der Waals surface area contributed by atoms with E-state index in [4.69, 9.17) is 9.97 Å². The second-order valence-corrected chi connectivity index (χ2v) is 7.37. The summed E-state index contributed by atoms with van der Waals surface area (Å²) in [5.74, 6) is 1.78. The number of hydrogen-bond acceptors (Lipinski definition) is 2. The Morgan fingerprint density at radius 1 is 0.433 bits per heavy atom. The number of imidazole rings is 2. The molecule has 2 heterocycles. The first-order valence-corrected chi connectivity index (χ1v) is 9.94. The van der Waals surface area contributed by atoms with Crippen molar-refractivity contribution in [3.05, 3.63) is 97.1 Å². The van der Waals surface area contributed by atoms with Crippen LogP contribution in [-0.2, 0) is 0 Å². The molecular formula is C26H18N4. The molecule has 0 bridgehead atoms. The number of H-pyrrole nitrogens is 2. The van der Waals surface area contributed by atoms with Gasteiger partial charge < -0.3 is 9.97 Å². The number of fused-ring (bicyclic) bond motifs is 2. The van der Waals surface area contributed by atoms with Crippen LogP contribution in [0.3, 0.4) is 0 Å². The maximum Gasteiger partial charge on any atom is 0.138 e. The van der Waals surface area contributed by atoms with Crippen LogP contribution in [0, 0.1) is 0 Å². The fourth-order valence-corrected chi connectivity index (χ4v) is 3.84. The first-order chi connectivity index (χ1) is 14.8. The summed E-state index contributed by atoms with van der Waals surface area (Å²) in [6.45, 7) is 0. The van der Waals surface area contributed by atoms with Crippen molar-refractivity contribution in [3.8, 4) is 33.9 Å². The van der Waals surface area contributed by atoms with Crippen LogP contribution in [0.4, 0.5) is 0 Å². The van der Waals surface area contributed by atoms with E-state index in [1.165, 1.54) is 0 Å². The highest BCUT2D eigenvalue weighted by Crippen LogP contribution is 2.29. The van der Waals surface area contributed by atoms with Gasteiger partial charge in [-0.25, -0.2) is 9.97 Å². The molecule has 0 saturated carbocycles. The third kappa shape index (κ3) is 2.86. The van der Waals surface area contributed by atoms with Gasteiger partial charge in [0.2, 0.25) is 0 Å². The summed E-state index contributed by atoms with van der Waals surface area (Å²) in [7, 11) is 0. The SMILES string of the molecule is c1ccc(-c2nc3ccc(-c4ccc5nc(-c6ccccc6)[nH]c5c4)cc3[nH]2)cc1.